The molecule has 1 saturated heterocycles. The smallest absolute Gasteiger partial charge is 0.410 e. The summed E-state index contributed by atoms with van der Waals surface area (Å²) >= 11 is 0. The van der Waals surface area contributed by atoms with Gasteiger partial charge in [-0.2, -0.15) is 5.26 Å². The minimum Gasteiger partial charge on any atom is -0.489 e. The molecular formula is C19H18N2O3. The van der Waals surface area contributed by atoms with Crippen LogP contribution in [0.2, 0.25) is 0 Å². The van der Waals surface area contributed by atoms with E-state index in [4.69, 9.17) is 14.7 Å². The molecule has 1 aliphatic rings. The number of amides is 1. The van der Waals surface area contributed by atoms with E-state index < -0.39 is 0 Å². The van der Waals surface area contributed by atoms with Crippen LogP contribution >= 0.6 is 0 Å². The minimum atomic E-state index is -0.261. The van der Waals surface area contributed by atoms with E-state index in [0.29, 0.717) is 25.3 Å². The van der Waals surface area contributed by atoms with Gasteiger partial charge in [-0.15, -0.1) is 0 Å². The van der Waals surface area contributed by atoms with Crippen molar-refractivity contribution in [3.8, 4) is 11.8 Å². The quantitative estimate of drug-likeness (QED) is 0.845. The summed E-state index contributed by atoms with van der Waals surface area (Å²) in [6.45, 7) is 3.49. The predicted molar refractivity (Wildman–Crippen MR) is 88.3 cm³/mol. The molecule has 0 saturated carbocycles. The maximum Gasteiger partial charge on any atom is 0.410 e. The Bertz CT molecular complexity index is 748. The summed E-state index contributed by atoms with van der Waals surface area (Å²) in [5.41, 5.74) is 2.68. The largest absolute Gasteiger partial charge is 0.489 e. The molecule has 122 valence electrons. The van der Waals surface area contributed by atoms with Gasteiger partial charge < -0.3 is 14.4 Å². The third-order valence-corrected chi connectivity index (χ3v) is 3.82. The Morgan fingerprint density at radius 3 is 2.42 bits per heavy atom. The number of carbonyl (C=O) groups excluding carboxylic acids is 1. The number of hydrogen-bond donors (Lipinski definition) is 0. The van der Waals surface area contributed by atoms with Crippen LogP contribution in [0.15, 0.2) is 48.5 Å². The molecule has 0 aliphatic carbocycles. The SMILES string of the molecule is CC1CN(Cc2ccc(OCc3ccc(C#N)cc3)cc2)C(=O)O1. The van der Waals surface area contributed by atoms with Crippen molar-refractivity contribution in [2.24, 2.45) is 0 Å². The van der Waals surface area contributed by atoms with Crippen molar-refractivity contribution in [2.75, 3.05) is 6.54 Å². The van der Waals surface area contributed by atoms with E-state index in [2.05, 4.69) is 6.07 Å². The van der Waals surface area contributed by atoms with Crippen molar-refractivity contribution in [1.29, 1.82) is 5.26 Å². The molecule has 5 nitrogen and oxygen atoms in total. The van der Waals surface area contributed by atoms with Crippen molar-refractivity contribution in [1.82, 2.24) is 4.90 Å². The van der Waals surface area contributed by atoms with Crippen molar-refractivity contribution >= 4 is 6.09 Å². The number of carbonyl (C=O) groups is 1. The number of rotatable bonds is 5. The summed E-state index contributed by atoms with van der Waals surface area (Å²) in [6.07, 6.45) is -0.309. The Morgan fingerprint density at radius 2 is 1.83 bits per heavy atom. The normalized spacial score (nSPS) is 16.6. The van der Waals surface area contributed by atoms with Gasteiger partial charge in [-0.05, 0) is 42.3 Å². The molecule has 0 N–H and O–H groups in total. The first-order valence-corrected chi connectivity index (χ1v) is 7.80. The Balaban J connectivity index is 1.54. The van der Waals surface area contributed by atoms with Crippen LogP contribution in [-0.2, 0) is 17.9 Å². The number of ether oxygens (including phenoxy) is 2. The molecule has 0 spiro atoms. The molecule has 1 atom stereocenters. The highest BCUT2D eigenvalue weighted by atomic mass is 16.6. The molecule has 1 amide bonds. The number of nitrogens with zero attached hydrogens (tertiary/aromatic N) is 2. The lowest BCUT2D eigenvalue weighted by atomic mass is 10.1. The summed E-state index contributed by atoms with van der Waals surface area (Å²) in [7, 11) is 0. The lowest BCUT2D eigenvalue weighted by Gasteiger charge is -2.13. The second-order valence-electron chi connectivity index (χ2n) is 5.82. The third-order valence-electron chi connectivity index (χ3n) is 3.82. The maximum absolute atomic E-state index is 11.6. The molecular weight excluding hydrogens is 304 g/mol. The Kier molecular flexibility index (Phi) is 4.66. The lowest BCUT2D eigenvalue weighted by molar-refractivity contribution is 0.137. The Labute approximate surface area is 141 Å². The predicted octanol–water partition coefficient (Wildman–Crippen LogP) is 3.48. The molecule has 0 aromatic heterocycles. The van der Waals surface area contributed by atoms with Crippen molar-refractivity contribution in [3.63, 3.8) is 0 Å². The molecule has 1 aliphatic heterocycles. The first kappa shape index (κ1) is 15.9. The fourth-order valence-corrected chi connectivity index (χ4v) is 2.55. The van der Waals surface area contributed by atoms with Gasteiger partial charge >= 0.3 is 6.09 Å². The molecule has 1 heterocycles. The topological polar surface area (TPSA) is 62.6 Å². The molecule has 3 rings (SSSR count). The van der Waals surface area contributed by atoms with Crippen LogP contribution in [0.1, 0.15) is 23.6 Å². The Morgan fingerprint density at radius 1 is 1.17 bits per heavy atom. The molecule has 1 unspecified atom stereocenters. The van der Waals surface area contributed by atoms with Crippen molar-refractivity contribution in [3.05, 3.63) is 65.2 Å². The van der Waals surface area contributed by atoms with Crippen LogP contribution in [-0.4, -0.2) is 23.6 Å². The van der Waals surface area contributed by atoms with Crippen molar-refractivity contribution in [2.45, 2.75) is 26.2 Å². The van der Waals surface area contributed by atoms with Crippen LogP contribution in [0.5, 0.6) is 5.75 Å². The van der Waals surface area contributed by atoms with Crippen LogP contribution in [0.3, 0.4) is 0 Å². The highest BCUT2D eigenvalue weighted by Crippen LogP contribution is 2.18. The van der Waals surface area contributed by atoms with Crippen LogP contribution < -0.4 is 4.74 Å². The van der Waals surface area contributed by atoms with E-state index >= 15 is 0 Å². The van der Waals surface area contributed by atoms with Gasteiger partial charge in [0.05, 0.1) is 18.2 Å². The summed E-state index contributed by atoms with van der Waals surface area (Å²) in [5, 5.41) is 8.78. The molecule has 0 bridgehead atoms. The average Bonchev–Trinajstić information content (AvgIpc) is 2.92. The lowest BCUT2D eigenvalue weighted by Crippen LogP contribution is -2.24. The fraction of sp³-hybridized carbons (Fsp3) is 0.263. The summed E-state index contributed by atoms with van der Waals surface area (Å²) < 4.78 is 10.9. The summed E-state index contributed by atoms with van der Waals surface area (Å²) in [4.78, 5) is 13.3. The van der Waals surface area contributed by atoms with Crippen molar-refractivity contribution < 1.29 is 14.3 Å². The summed E-state index contributed by atoms with van der Waals surface area (Å²) in [5.74, 6) is 0.764. The average molecular weight is 322 g/mol. The molecule has 24 heavy (non-hydrogen) atoms. The second kappa shape index (κ2) is 7.05. The molecule has 5 heteroatoms. The van der Waals surface area contributed by atoms with Gasteiger partial charge in [-0.1, -0.05) is 24.3 Å². The fourth-order valence-electron chi connectivity index (χ4n) is 2.55. The molecule has 1 fully saturated rings. The van der Waals surface area contributed by atoms with Gasteiger partial charge in [0.15, 0.2) is 0 Å². The van der Waals surface area contributed by atoms with Gasteiger partial charge in [0.25, 0.3) is 0 Å². The van der Waals surface area contributed by atoms with Gasteiger partial charge in [0, 0.05) is 6.54 Å². The van der Waals surface area contributed by atoms with E-state index in [1.165, 1.54) is 0 Å². The highest BCUT2D eigenvalue weighted by Gasteiger charge is 2.27. The van der Waals surface area contributed by atoms with E-state index in [1.54, 1.807) is 17.0 Å². The van der Waals surface area contributed by atoms with E-state index in [0.717, 1.165) is 16.9 Å². The van der Waals surface area contributed by atoms with Crippen LogP contribution in [0.25, 0.3) is 0 Å². The zero-order chi connectivity index (χ0) is 16.9. The molecule has 2 aromatic carbocycles. The maximum atomic E-state index is 11.6. The standard InChI is InChI=1S/C19H18N2O3/c1-14-11-21(19(22)24-14)12-16-6-8-18(9-7-16)23-13-17-4-2-15(10-20)3-5-17/h2-9,14H,11-13H2,1H3. The van der Waals surface area contributed by atoms with Gasteiger partial charge in [-0.3, -0.25) is 0 Å². The molecule has 2 aromatic rings. The Hall–Kier alpha value is -3.00. The zero-order valence-electron chi connectivity index (χ0n) is 13.4. The van der Waals surface area contributed by atoms with E-state index in [9.17, 15) is 4.79 Å². The minimum absolute atomic E-state index is 0.0486. The van der Waals surface area contributed by atoms with Crippen LogP contribution in [0.4, 0.5) is 4.79 Å². The molecule has 0 radical (unpaired) electrons. The van der Waals surface area contributed by atoms with Gasteiger partial charge in [0.2, 0.25) is 0 Å². The number of hydrogen-bond acceptors (Lipinski definition) is 4. The third kappa shape index (κ3) is 3.85. The number of nitriles is 1. The first-order valence-electron chi connectivity index (χ1n) is 7.80. The zero-order valence-corrected chi connectivity index (χ0v) is 13.4. The second-order valence-corrected chi connectivity index (χ2v) is 5.82. The number of benzene rings is 2. The first-order chi connectivity index (χ1) is 11.6. The monoisotopic (exact) mass is 322 g/mol. The van der Waals surface area contributed by atoms with E-state index in [1.807, 2.05) is 43.3 Å². The van der Waals surface area contributed by atoms with Gasteiger partial charge in [0.1, 0.15) is 18.5 Å². The van der Waals surface area contributed by atoms with E-state index in [-0.39, 0.29) is 12.2 Å². The number of cyclic esters (lactones) is 1. The summed E-state index contributed by atoms with van der Waals surface area (Å²) in [6, 6.07) is 17.1. The highest BCUT2D eigenvalue weighted by molar-refractivity contribution is 5.69. The van der Waals surface area contributed by atoms with Gasteiger partial charge in [-0.25, -0.2) is 4.79 Å². The van der Waals surface area contributed by atoms with Crippen LogP contribution in [0, 0.1) is 11.3 Å².